The van der Waals surface area contributed by atoms with E-state index in [4.69, 9.17) is 16.3 Å². The summed E-state index contributed by atoms with van der Waals surface area (Å²) in [5, 5.41) is 0.164. The summed E-state index contributed by atoms with van der Waals surface area (Å²) in [5.41, 5.74) is 0.644. The molecule has 7 nitrogen and oxygen atoms in total. The van der Waals surface area contributed by atoms with Crippen LogP contribution in [0.3, 0.4) is 0 Å². The number of carbonyl (C=O) groups is 2. The van der Waals surface area contributed by atoms with Crippen LogP contribution in [-0.4, -0.2) is 45.4 Å². The molecule has 0 radical (unpaired) electrons. The molecule has 31 heavy (non-hydrogen) atoms. The van der Waals surface area contributed by atoms with Gasteiger partial charge in [0.05, 0.1) is 25.6 Å². The Hall–Kier alpha value is -2.27. The molecule has 1 aromatic carbocycles. The first kappa shape index (κ1) is 23.4. The molecule has 0 atom stereocenters. The zero-order chi connectivity index (χ0) is 22.8. The second-order valence-electron chi connectivity index (χ2n) is 6.74. The smallest absolute Gasteiger partial charge is 0.340 e. The number of hydrogen-bond donors (Lipinski definition) is 1. The van der Waals surface area contributed by atoms with E-state index in [0.717, 1.165) is 11.3 Å². The number of rotatable bonds is 7. The maximum atomic E-state index is 14.0. The number of thiophene rings is 1. The Morgan fingerprint density at radius 1 is 1.42 bits per heavy atom. The minimum atomic E-state index is -3.97. The van der Waals surface area contributed by atoms with Crippen LogP contribution in [-0.2, 0) is 38.9 Å². The normalized spacial score (nSPS) is 13.6. The van der Waals surface area contributed by atoms with Crippen molar-refractivity contribution < 1.29 is 27.1 Å². The molecule has 0 unspecified atom stereocenters. The Morgan fingerprint density at radius 3 is 2.81 bits per heavy atom. The van der Waals surface area contributed by atoms with Gasteiger partial charge in [0.15, 0.2) is 0 Å². The molecule has 1 aromatic heterocycles. The monoisotopic (exact) mass is 486 g/mol. The van der Waals surface area contributed by atoms with Crippen LogP contribution in [0, 0.1) is 5.82 Å². The standard InChI is InChI=1S/C20H20ClFN2O5S2/c1-3-8-23-31(27,28)20-18(19(26)29-2)12-7-9-24(11-16(12)30-20)17(25)10-13-14(21)5-4-6-15(13)22/h3-6,23H,1,7-11H2,2H3. The summed E-state index contributed by atoms with van der Waals surface area (Å²) in [6.45, 7) is 3.83. The zero-order valence-electron chi connectivity index (χ0n) is 16.6. The van der Waals surface area contributed by atoms with E-state index in [1.54, 1.807) is 0 Å². The van der Waals surface area contributed by atoms with Gasteiger partial charge in [0.25, 0.3) is 10.0 Å². The molecule has 1 aliphatic heterocycles. The molecule has 166 valence electrons. The Kier molecular flexibility index (Phi) is 7.15. The van der Waals surface area contributed by atoms with Gasteiger partial charge >= 0.3 is 5.97 Å². The molecule has 1 aliphatic rings. The van der Waals surface area contributed by atoms with Crippen LogP contribution in [0.5, 0.6) is 0 Å². The maximum absolute atomic E-state index is 14.0. The summed E-state index contributed by atoms with van der Waals surface area (Å²) in [5.74, 6) is -1.67. The fourth-order valence-electron chi connectivity index (χ4n) is 3.29. The van der Waals surface area contributed by atoms with Crippen molar-refractivity contribution in [3.05, 3.63) is 63.3 Å². The lowest BCUT2D eigenvalue weighted by atomic mass is 10.0. The third-order valence-corrected chi connectivity index (χ3v) is 8.33. The average molecular weight is 487 g/mol. The highest BCUT2D eigenvalue weighted by molar-refractivity contribution is 7.91. The first-order valence-electron chi connectivity index (χ1n) is 9.23. The summed E-state index contributed by atoms with van der Waals surface area (Å²) in [6, 6.07) is 4.20. The van der Waals surface area contributed by atoms with Gasteiger partial charge in [-0.3, -0.25) is 4.79 Å². The highest BCUT2D eigenvalue weighted by Gasteiger charge is 2.35. The van der Waals surface area contributed by atoms with Crippen molar-refractivity contribution in [1.82, 2.24) is 9.62 Å². The van der Waals surface area contributed by atoms with E-state index in [9.17, 15) is 22.4 Å². The van der Waals surface area contributed by atoms with E-state index in [1.165, 1.54) is 36.3 Å². The number of fused-ring (bicyclic) bond motifs is 1. The van der Waals surface area contributed by atoms with Gasteiger partial charge in [-0.15, -0.1) is 17.9 Å². The van der Waals surface area contributed by atoms with Crippen molar-refractivity contribution in [2.75, 3.05) is 20.2 Å². The SMILES string of the molecule is C=CCNS(=O)(=O)c1sc2c(c1C(=O)OC)CCN(C(=O)Cc1c(F)cccc1Cl)C2. The molecule has 11 heteroatoms. The molecular weight excluding hydrogens is 467 g/mol. The first-order valence-corrected chi connectivity index (χ1v) is 11.9. The van der Waals surface area contributed by atoms with Gasteiger partial charge in [-0.1, -0.05) is 23.7 Å². The summed E-state index contributed by atoms with van der Waals surface area (Å²) in [6.07, 6.45) is 1.43. The zero-order valence-corrected chi connectivity index (χ0v) is 19.0. The molecular formula is C20H20ClFN2O5S2. The van der Waals surface area contributed by atoms with Gasteiger partial charge in [-0.2, -0.15) is 0 Å². The number of carbonyl (C=O) groups excluding carboxylic acids is 2. The second-order valence-corrected chi connectivity index (χ2v) is 10.2. The van der Waals surface area contributed by atoms with Crippen molar-refractivity contribution in [2.45, 2.75) is 23.6 Å². The number of methoxy groups -OCH3 is 1. The number of amides is 1. The van der Waals surface area contributed by atoms with Gasteiger partial charge in [-0.25, -0.2) is 22.3 Å². The number of halogens is 2. The molecule has 0 spiro atoms. The predicted molar refractivity (Wildman–Crippen MR) is 115 cm³/mol. The lowest BCUT2D eigenvalue weighted by Gasteiger charge is -2.27. The predicted octanol–water partition coefficient (Wildman–Crippen LogP) is 2.92. The van der Waals surface area contributed by atoms with Gasteiger partial charge in [0.2, 0.25) is 5.91 Å². The van der Waals surface area contributed by atoms with Crippen LogP contribution in [0.1, 0.15) is 26.4 Å². The van der Waals surface area contributed by atoms with E-state index < -0.39 is 21.8 Å². The molecule has 2 heterocycles. The molecule has 0 fully saturated rings. The molecule has 0 aliphatic carbocycles. The minimum absolute atomic E-state index is 0.000474. The summed E-state index contributed by atoms with van der Waals surface area (Å²) in [4.78, 5) is 27.2. The number of nitrogens with one attached hydrogen (secondary N) is 1. The van der Waals surface area contributed by atoms with E-state index in [-0.39, 0.29) is 58.7 Å². The first-order chi connectivity index (χ1) is 14.7. The lowest BCUT2D eigenvalue weighted by Crippen LogP contribution is -2.37. The van der Waals surface area contributed by atoms with E-state index in [2.05, 4.69) is 11.3 Å². The third-order valence-electron chi connectivity index (χ3n) is 4.82. The quantitative estimate of drug-likeness (QED) is 0.480. The van der Waals surface area contributed by atoms with Gasteiger partial charge in [0, 0.05) is 28.6 Å². The van der Waals surface area contributed by atoms with Crippen molar-refractivity contribution >= 4 is 44.8 Å². The minimum Gasteiger partial charge on any atom is -0.465 e. The van der Waals surface area contributed by atoms with E-state index in [0.29, 0.717) is 10.4 Å². The molecule has 1 amide bonds. The number of benzene rings is 1. The van der Waals surface area contributed by atoms with Crippen LogP contribution >= 0.6 is 22.9 Å². The molecule has 1 N–H and O–H groups in total. The number of nitrogens with zero attached hydrogens (tertiary/aromatic N) is 1. The van der Waals surface area contributed by atoms with E-state index in [1.807, 2.05) is 0 Å². The van der Waals surface area contributed by atoms with Crippen LogP contribution in [0.15, 0.2) is 35.1 Å². The largest absolute Gasteiger partial charge is 0.465 e. The second kappa shape index (κ2) is 9.47. The molecule has 0 saturated heterocycles. The fourth-order valence-corrected chi connectivity index (χ4v) is 6.46. The van der Waals surface area contributed by atoms with Crippen LogP contribution in [0.2, 0.25) is 5.02 Å². The molecule has 3 rings (SSSR count). The number of esters is 1. The Balaban J connectivity index is 1.91. The Morgan fingerprint density at radius 2 is 2.16 bits per heavy atom. The highest BCUT2D eigenvalue weighted by Crippen LogP contribution is 2.37. The molecule has 0 bridgehead atoms. The van der Waals surface area contributed by atoms with Crippen molar-refractivity contribution in [3.63, 3.8) is 0 Å². The fraction of sp³-hybridized carbons (Fsp3) is 0.300. The van der Waals surface area contributed by atoms with Crippen molar-refractivity contribution in [1.29, 1.82) is 0 Å². The number of hydrogen-bond acceptors (Lipinski definition) is 6. The summed E-state index contributed by atoms with van der Waals surface area (Å²) >= 11 is 6.94. The summed E-state index contributed by atoms with van der Waals surface area (Å²) < 4.78 is 46.4. The van der Waals surface area contributed by atoms with Crippen LogP contribution in [0.25, 0.3) is 0 Å². The Labute approximate surface area is 188 Å². The van der Waals surface area contributed by atoms with Gasteiger partial charge in [0.1, 0.15) is 10.0 Å². The molecule has 0 saturated carbocycles. The van der Waals surface area contributed by atoms with Crippen molar-refractivity contribution in [3.8, 4) is 0 Å². The Bertz CT molecular complexity index is 1130. The molecule has 2 aromatic rings. The number of sulfonamides is 1. The highest BCUT2D eigenvalue weighted by atomic mass is 35.5. The topological polar surface area (TPSA) is 92.8 Å². The van der Waals surface area contributed by atoms with Gasteiger partial charge in [-0.05, 0) is 24.1 Å². The maximum Gasteiger partial charge on any atom is 0.340 e. The van der Waals surface area contributed by atoms with Crippen LogP contribution in [0.4, 0.5) is 4.39 Å². The summed E-state index contributed by atoms with van der Waals surface area (Å²) in [7, 11) is -2.80. The number of ether oxygens (including phenoxy) is 1. The lowest BCUT2D eigenvalue weighted by molar-refractivity contribution is -0.131. The van der Waals surface area contributed by atoms with E-state index >= 15 is 0 Å². The van der Waals surface area contributed by atoms with Crippen molar-refractivity contribution in [2.24, 2.45) is 0 Å². The average Bonchev–Trinajstić information content (AvgIpc) is 3.14. The third kappa shape index (κ3) is 4.82. The van der Waals surface area contributed by atoms with Crippen LogP contribution < -0.4 is 4.72 Å². The van der Waals surface area contributed by atoms with Gasteiger partial charge < -0.3 is 9.64 Å².